The quantitative estimate of drug-likeness (QED) is 0.0386. The predicted molar refractivity (Wildman–Crippen MR) is 208 cm³/mol. The van der Waals surface area contributed by atoms with E-state index in [1.54, 1.807) is 0 Å². The van der Waals surface area contributed by atoms with Gasteiger partial charge in [0.25, 0.3) is 0 Å². The third-order valence-corrected chi connectivity index (χ3v) is 9.50. The molecule has 0 aliphatic rings. The van der Waals surface area contributed by atoms with Gasteiger partial charge in [0.1, 0.15) is 5.75 Å². The van der Waals surface area contributed by atoms with Gasteiger partial charge in [0, 0.05) is 6.21 Å². The minimum Gasteiger partial charge on any atom is -0.423 e. The molecule has 0 fully saturated rings. The second-order valence-electron chi connectivity index (χ2n) is 13.4. The molecule has 0 spiro atoms. The highest BCUT2D eigenvalue weighted by Gasteiger charge is 2.11. The summed E-state index contributed by atoms with van der Waals surface area (Å²) in [7, 11) is 0. The summed E-state index contributed by atoms with van der Waals surface area (Å²) in [5.74, 6) is 0.189. The van der Waals surface area contributed by atoms with Crippen molar-refractivity contribution in [2.75, 3.05) is 0 Å². The van der Waals surface area contributed by atoms with Gasteiger partial charge in [-0.2, -0.15) is 0 Å². The molecule has 5 aromatic rings. The number of nitrogens with zero attached hydrogens (tertiary/aromatic N) is 1. The number of ether oxygens (including phenoxy) is 1. The highest BCUT2D eigenvalue weighted by molar-refractivity contribution is 5.96. The summed E-state index contributed by atoms with van der Waals surface area (Å²) in [5.41, 5.74) is 6.35. The van der Waals surface area contributed by atoms with Crippen LogP contribution >= 0.6 is 0 Å². The zero-order chi connectivity index (χ0) is 34.1. The van der Waals surface area contributed by atoms with Gasteiger partial charge in [-0.15, -0.1) is 0 Å². The molecule has 3 nitrogen and oxygen atoms in total. The van der Waals surface area contributed by atoms with Crippen molar-refractivity contribution in [3.05, 3.63) is 138 Å². The lowest BCUT2D eigenvalue weighted by Gasteiger charge is -2.09. The van der Waals surface area contributed by atoms with Gasteiger partial charge in [0.05, 0.1) is 11.6 Å². The molecule has 1 atom stereocenters. The van der Waals surface area contributed by atoms with Crippen LogP contribution < -0.4 is 4.74 Å². The first-order chi connectivity index (χ1) is 24.1. The zero-order valence-corrected chi connectivity index (χ0v) is 29.6. The van der Waals surface area contributed by atoms with Crippen molar-refractivity contribution < 1.29 is 9.53 Å². The maximum absolute atomic E-state index is 13.0. The van der Waals surface area contributed by atoms with Gasteiger partial charge in [0.15, 0.2) is 0 Å². The largest absolute Gasteiger partial charge is 0.423 e. The van der Waals surface area contributed by atoms with Crippen molar-refractivity contribution in [3.8, 4) is 16.9 Å². The van der Waals surface area contributed by atoms with E-state index in [-0.39, 0.29) is 12.0 Å². The number of hydrogen-bond donors (Lipinski definition) is 0. The molecule has 0 saturated carbocycles. The molecule has 0 unspecified atom stereocenters. The van der Waals surface area contributed by atoms with E-state index in [2.05, 4.69) is 68.4 Å². The van der Waals surface area contributed by atoms with Crippen molar-refractivity contribution in [1.29, 1.82) is 0 Å². The summed E-state index contributed by atoms with van der Waals surface area (Å²) in [6.45, 7) is 4.38. The van der Waals surface area contributed by atoms with Gasteiger partial charge in [0.2, 0.25) is 0 Å². The molecule has 0 aliphatic carbocycles. The highest BCUT2D eigenvalue weighted by Crippen LogP contribution is 2.25. The van der Waals surface area contributed by atoms with Crippen molar-refractivity contribution in [2.24, 2.45) is 4.99 Å². The monoisotopic (exact) mass is 651 g/mol. The van der Waals surface area contributed by atoms with E-state index in [0.29, 0.717) is 11.3 Å². The molecule has 0 aromatic heterocycles. The van der Waals surface area contributed by atoms with Gasteiger partial charge in [-0.25, -0.2) is 4.79 Å². The third-order valence-electron chi connectivity index (χ3n) is 9.50. The van der Waals surface area contributed by atoms with Crippen LogP contribution in [-0.4, -0.2) is 12.2 Å². The Morgan fingerprint density at radius 2 is 1.20 bits per heavy atom. The number of esters is 1. The van der Waals surface area contributed by atoms with E-state index >= 15 is 0 Å². The molecule has 5 rings (SSSR count). The molecular formula is C46H53NO2. The van der Waals surface area contributed by atoms with Crippen LogP contribution in [0.3, 0.4) is 0 Å². The third kappa shape index (κ3) is 11.6. The number of benzene rings is 5. The van der Waals surface area contributed by atoms with Crippen LogP contribution in [0.5, 0.6) is 5.75 Å². The Morgan fingerprint density at radius 1 is 0.633 bits per heavy atom. The van der Waals surface area contributed by atoms with Crippen LogP contribution in [0.2, 0.25) is 0 Å². The number of aliphatic imine (C=N–C) groups is 1. The summed E-state index contributed by atoms with van der Waals surface area (Å²) < 4.78 is 5.74. The molecule has 0 saturated heterocycles. The van der Waals surface area contributed by atoms with E-state index in [1.807, 2.05) is 66.9 Å². The van der Waals surface area contributed by atoms with Crippen LogP contribution in [0, 0.1) is 0 Å². The molecule has 5 aromatic carbocycles. The molecule has 49 heavy (non-hydrogen) atoms. The van der Waals surface area contributed by atoms with Crippen LogP contribution in [0.15, 0.2) is 120 Å². The fourth-order valence-corrected chi connectivity index (χ4v) is 6.41. The molecule has 0 radical (unpaired) electrons. The summed E-state index contributed by atoms with van der Waals surface area (Å²) in [4.78, 5) is 17.7. The van der Waals surface area contributed by atoms with E-state index in [9.17, 15) is 4.79 Å². The lowest BCUT2D eigenvalue weighted by molar-refractivity contribution is 0.0735. The first-order valence-electron chi connectivity index (χ1n) is 18.6. The standard InChI is InChI=1S/C46H53NO2/c1-3-4-5-6-7-8-9-10-11-12-13-15-18-37-21-26-43-34-44(28-27-42(43)33-37)46(48)49-45-31-29-41(30-32-45)40-24-22-38(23-25-40)35-47-36(2)39-19-16-14-17-20-39/h14,16-17,19-36H,3-13,15,18H2,1-2H3/t36-/m1/s1. The van der Waals surface area contributed by atoms with Crippen LogP contribution in [-0.2, 0) is 6.42 Å². The first kappa shape index (κ1) is 35.8. The number of carbonyl (C=O) groups excluding carboxylic acids is 1. The van der Waals surface area contributed by atoms with Crippen LogP contribution in [0.4, 0.5) is 0 Å². The minimum atomic E-state index is -0.344. The van der Waals surface area contributed by atoms with E-state index in [1.165, 1.54) is 93.6 Å². The fourth-order valence-electron chi connectivity index (χ4n) is 6.41. The van der Waals surface area contributed by atoms with E-state index in [0.717, 1.165) is 28.5 Å². The van der Waals surface area contributed by atoms with Gasteiger partial charge in [-0.05, 0) is 82.6 Å². The fraction of sp³-hybridized carbons (Fsp3) is 0.348. The van der Waals surface area contributed by atoms with Crippen molar-refractivity contribution >= 4 is 23.0 Å². The van der Waals surface area contributed by atoms with Crippen molar-refractivity contribution in [1.82, 2.24) is 0 Å². The highest BCUT2D eigenvalue weighted by atomic mass is 16.5. The Labute approximate surface area is 294 Å². The lowest BCUT2D eigenvalue weighted by Crippen LogP contribution is -2.08. The van der Waals surface area contributed by atoms with Crippen LogP contribution in [0.1, 0.15) is 124 Å². The summed E-state index contributed by atoms with van der Waals surface area (Å²) >= 11 is 0. The molecule has 0 aliphatic heterocycles. The molecular weight excluding hydrogens is 599 g/mol. The van der Waals surface area contributed by atoms with E-state index in [4.69, 9.17) is 9.73 Å². The van der Waals surface area contributed by atoms with Gasteiger partial charge < -0.3 is 4.74 Å². The Morgan fingerprint density at radius 3 is 1.86 bits per heavy atom. The van der Waals surface area contributed by atoms with Crippen molar-refractivity contribution in [2.45, 2.75) is 103 Å². The minimum absolute atomic E-state index is 0.109. The Bertz CT molecular complexity index is 1740. The average Bonchev–Trinajstić information content (AvgIpc) is 3.15. The Balaban J connectivity index is 1.05. The first-order valence-corrected chi connectivity index (χ1v) is 18.6. The van der Waals surface area contributed by atoms with E-state index < -0.39 is 0 Å². The topological polar surface area (TPSA) is 38.7 Å². The number of aryl methyl sites for hydroxylation is 1. The maximum Gasteiger partial charge on any atom is 0.343 e. The summed E-state index contributed by atoms with van der Waals surface area (Å²) in [6.07, 6.45) is 19.5. The van der Waals surface area contributed by atoms with Gasteiger partial charge >= 0.3 is 5.97 Å². The number of rotatable bonds is 19. The zero-order valence-electron chi connectivity index (χ0n) is 29.6. The number of hydrogen-bond acceptors (Lipinski definition) is 3. The molecule has 0 bridgehead atoms. The average molecular weight is 652 g/mol. The predicted octanol–water partition coefficient (Wildman–Crippen LogP) is 13.1. The SMILES string of the molecule is CCCCCCCCCCCCCCc1ccc2cc(C(=O)Oc3ccc(-c4ccc(C=N[C@H](C)c5ccccc5)cc4)cc3)ccc2c1. The number of unbranched alkanes of at least 4 members (excludes halogenated alkanes) is 11. The normalized spacial score (nSPS) is 12.0. The number of carbonyl (C=O) groups is 1. The Hall–Kier alpha value is -4.50. The van der Waals surface area contributed by atoms with Gasteiger partial charge in [-0.3, -0.25) is 4.99 Å². The van der Waals surface area contributed by atoms with Gasteiger partial charge in [-0.1, -0.05) is 169 Å². The smallest absolute Gasteiger partial charge is 0.343 e. The lowest BCUT2D eigenvalue weighted by atomic mass is 10.00. The second kappa shape index (κ2) is 19.5. The number of fused-ring (bicyclic) bond motifs is 1. The summed E-state index contributed by atoms with van der Waals surface area (Å²) in [6, 6.07) is 38.9. The molecule has 3 heteroatoms. The Kier molecular flexibility index (Phi) is 14.2. The van der Waals surface area contributed by atoms with Crippen LogP contribution in [0.25, 0.3) is 21.9 Å². The molecule has 254 valence electrons. The molecule has 0 amide bonds. The summed E-state index contributed by atoms with van der Waals surface area (Å²) in [5, 5.41) is 2.23. The molecule has 0 heterocycles. The molecule has 0 N–H and O–H groups in total. The maximum atomic E-state index is 13.0. The van der Waals surface area contributed by atoms with Crippen molar-refractivity contribution in [3.63, 3.8) is 0 Å². The second-order valence-corrected chi connectivity index (χ2v) is 13.4.